The molecule has 2 N–H and O–H groups in total. The fraction of sp³-hybridized carbons (Fsp3) is 0.421. The predicted octanol–water partition coefficient (Wildman–Crippen LogP) is 4.09. The van der Waals surface area contributed by atoms with Crippen molar-refractivity contribution in [1.29, 1.82) is 0 Å². The van der Waals surface area contributed by atoms with Gasteiger partial charge in [-0.1, -0.05) is 33.8 Å². The normalized spacial score (nSPS) is 12.5. The zero-order valence-electron chi connectivity index (χ0n) is 15.5. The van der Waals surface area contributed by atoms with Crippen LogP contribution in [0.3, 0.4) is 0 Å². The quantitative estimate of drug-likeness (QED) is 0.859. The van der Waals surface area contributed by atoms with Gasteiger partial charge < -0.3 is 10.6 Å². The number of nitrogens with zero attached hydrogens (tertiary/aromatic N) is 2. The number of aromatic nitrogens is 2. The van der Waals surface area contributed by atoms with Gasteiger partial charge in [-0.15, -0.1) is 0 Å². The van der Waals surface area contributed by atoms with Gasteiger partial charge in [-0.25, -0.2) is 4.68 Å². The Morgan fingerprint density at radius 2 is 1.92 bits per heavy atom. The molecule has 0 aliphatic carbocycles. The Kier molecular flexibility index (Phi) is 5.62. The minimum Gasteiger partial charge on any atom is -0.326 e. The molecule has 0 spiro atoms. The molecule has 1 aromatic carbocycles. The van der Waals surface area contributed by atoms with Gasteiger partial charge in [0.15, 0.2) is 0 Å². The first kappa shape index (κ1) is 18.7. The molecule has 0 bridgehead atoms. The second-order valence-electron chi connectivity index (χ2n) is 7.16. The Morgan fingerprint density at radius 1 is 1.20 bits per heavy atom. The maximum Gasteiger partial charge on any atom is 0.256 e. The highest BCUT2D eigenvalue weighted by Crippen LogP contribution is 2.20. The summed E-state index contributed by atoms with van der Waals surface area (Å²) in [5.74, 6) is 0.320. The van der Waals surface area contributed by atoms with Crippen LogP contribution >= 0.6 is 0 Å². The first-order valence-electron chi connectivity index (χ1n) is 8.48. The second kappa shape index (κ2) is 7.51. The number of nitrogens with one attached hydrogen (secondary N) is 2. The van der Waals surface area contributed by atoms with E-state index in [1.807, 2.05) is 27.7 Å². The molecule has 2 amide bonds. The number of hydrogen-bond donors (Lipinski definition) is 2. The number of amides is 2. The number of rotatable bonds is 5. The van der Waals surface area contributed by atoms with Gasteiger partial charge in [0.05, 0.1) is 12.2 Å². The largest absolute Gasteiger partial charge is 0.326 e. The maximum atomic E-state index is 12.5. The maximum absolute atomic E-state index is 12.5. The van der Waals surface area contributed by atoms with Crippen molar-refractivity contribution in [2.24, 2.45) is 5.41 Å². The minimum atomic E-state index is -0.499. The molecule has 0 aliphatic rings. The van der Waals surface area contributed by atoms with Gasteiger partial charge in [0, 0.05) is 22.7 Å². The van der Waals surface area contributed by atoms with E-state index in [0.717, 1.165) is 6.42 Å². The van der Waals surface area contributed by atoms with E-state index in [4.69, 9.17) is 0 Å². The third kappa shape index (κ3) is 4.68. The Morgan fingerprint density at radius 3 is 2.56 bits per heavy atom. The summed E-state index contributed by atoms with van der Waals surface area (Å²) >= 11 is 0. The average Bonchev–Trinajstić information content (AvgIpc) is 3.01. The third-order valence-corrected chi connectivity index (χ3v) is 3.98. The topological polar surface area (TPSA) is 76.0 Å². The summed E-state index contributed by atoms with van der Waals surface area (Å²) in [6.07, 6.45) is 2.58. The monoisotopic (exact) mass is 342 g/mol. The van der Waals surface area contributed by atoms with Crippen molar-refractivity contribution in [2.75, 3.05) is 10.6 Å². The van der Waals surface area contributed by atoms with Crippen LogP contribution in [0.15, 0.2) is 36.5 Å². The molecule has 6 nitrogen and oxygen atoms in total. The third-order valence-electron chi connectivity index (χ3n) is 3.98. The van der Waals surface area contributed by atoms with Crippen LogP contribution in [-0.2, 0) is 4.79 Å². The molecule has 0 aliphatic heterocycles. The number of hydrogen-bond acceptors (Lipinski definition) is 3. The SMILES string of the molecule is CCC(C)n1nccc1NC(=O)c1cccc(NC(=O)C(C)(C)C)c1. The number of carbonyl (C=O) groups excluding carboxylic acids is 2. The summed E-state index contributed by atoms with van der Waals surface area (Å²) in [5.41, 5.74) is 0.577. The number of benzene rings is 1. The van der Waals surface area contributed by atoms with E-state index in [2.05, 4.69) is 22.7 Å². The summed E-state index contributed by atoms with van der Waals surface area (Å²) in [6.45, 7) is 9.64. The van der Waals surface area contributed by atoms with Gasteiger partial charge in [-0.2, -0.15) is 5.10 Å². The van der Waals surface area contributed by atoms with Crippen molar-refractivity contribution in [3.05, 3.63) is 42.1 Å². The highest BCUT2D eigenvalue weighted by Gasteiger charge is 2.21. The van der Waals surface area contributed by atoms with Gasteiger partial charge in [0.2, 0.25) is 5.91 Å². The lowest BCUT2D eigenvalue weighted by Crippen LogP contribution is -2.27. The van der Waals surface area contributed by atoms with Crippen molar-refractivity contribution in [2.45, 2.75) is 47.1 Å². The molecule has 1 atom stereocenters. The molecular formula is C19H26N4O2. The van der Waals surface area contributed by atoms with Crippen molar-refractivity contribution in [3.63, 3.8) is 0 Å². The molecule has 2 aromatic rings. The van der Waals surface area contributed by atoms with E-state index < -0.39 is 5.41 Å². The van der Waals surface area contributed by atoms with E-state index in [1.165, 1.54) is 0 Å². The van der Waals surface area contributed by atoms with Gasteiger partial charge in [0.25, 0.3) is 5.91 Å². The van der Waals surface area contributed by atoms with E-state index in [9.17, 15) is 9.59 Å². The van der Waals surface area contributed by atoms with Crippen LogP contribution in [0.2, 0.25) is 0 Å². The summed E-state index contributed by atoms with van der Waals surface area (Å²) in [4.78, 5) is 24.6. The lowest BCUT2D eigenvalue weighted by Gasteiger charge is -2.18. The van der Waals surface area contributed by atoms with Gasteiger partial charge in [0.1, 0.15) is 5.82 Å². The van der Waals surface area contributed by atoms with E-state index in [1.54, 1.807) is 41.2 Å². The molecular weight excluding hydrogens is 316 g/mol. The standard InChI is InChI=1S/C19H26N4O2/c1-6-13(2)23-16(10-11-20-23)22-17(24)14-8-7-9-15(12-14)21-18(25)19(3,4)5/h7-13H,6H2,1-5H3,(H,21,25)(H,22,24). The molecule has 2 rings (SSSR count). The molecule has 134 valence electrons. The minimum absolute atomic E-state index is 0.0973. The van der Waals surface area contributed by atoms with Crippen LogP contribution < -0.4 is 10.6 Å². The Hall–Kier alpha value is -2.63. The molecule has 1 aromatic heterocycles. The molecule has 0 saturated carbocycles. The van der Waals surface area contributed by atoms with Crippen LogP contribution in [0.1, 0.15) is 57.4 Å². The highest BCUT2D eigenvalue weighted by atomic mass is 16.2. The second-order valence-corrected chi connectivity index (χ2v) is 7.16. The van der Waals surface area contributed by atoms with Gasteiger partial charge >= 0.3 is 0 Å². The molecule has 0 radical (unpaired) electrons. The summed E-state index contributed by atoms with van der Waals surface area (Å²) in [5, 5.41) is 9.98. The van der Waals surface area contributed by atoms with E-state index >= 15 is 0 Å². The average molecular weight is 342 g/mol. The van der Waals surface area contributed by atoms with Crippen LogP contribution in [0.25, 0.3) is 0 Å². The van der Waals surface area contributed by atoms with Crippen molar-refractivity contribution in [1.82, 2.24) is 9.78 Å². The van der Waals surface area contributed by atoms with Crippen molar-refractivity contribution in [3.8, 4) is 0 Å². The molecule has 0 fully saturated rings. The van der Waals surface area contributed by atoms with Crippen LogP contribution in [0.5, 0.6) is 0 Å². The Labute approximate surface area is 148 Å². The first-order chi connectivity index (χ1) is 11.7. The fourth-order valence-corrected chi connectivity index (χ4v) is 2.18. The van der Waals surface area contributed by atoms with Crippen LogP contribution in [0.4, 0.5) is 11.5 Å². The van der Waals surface area contributed by atoms with Gasteiger partial charge in [-0.3, -0.25) is 9.59 Å². The van der Waals surface area contributed by atoms with E-state index in [-0.39, 0.29) is 17.9 Å². The molecule has 1 unspecified atom stereocenters. The summed E-state index contributed by atoms with van der Waals surface area (Å²) < 4.78 is 1.79. The van der Waals surface area contributed by atoms with Crippen molar-refractivity contribution < 1.29 is 9.59 Å². The lowest BCUT2D eigenvalue weighted by atomic mass is 9.95. The van der Waals surface area contributed by atoms with E-state index in [0.29, 0.717) is 17.1 Å². The zero-order chi connectivity index (χ0) is 18.6. The highest BCUT2D eigenvalue weighted by molar-refractivity contribution is 6.05. The van der Waals surface area contributed by atoms with Crippen LogP contribution in [0, 0.1) is 5.41 Å². The van der Waals surface area contributed by atoms with Crippen LogP contribution in [-0.4, -0.2) is 21.6 Å². The molecule has 6 heteroatoms. The summed E-state index contributed by atoms with van der Waals surface area (Å²) in [6, 6.07) is 8.87. The Balaban J connectivity index is 2.14. The van der Waals surface area contributed by atoms with Crippen molar-refractivity contribution >= 4 is 23.3 Å². The smallest absolute Gasteiger partial charge is 0.256 e. The fourth-order valence-electron chi connectivity index (χ4n) is 2.18. The first-order valence-corrected chi connectivity index (χ1v) is 8.48. The zero-order valence-corrected chi connectivity index (χ0v) is 15.5. The lowest BCUT2D eigenvalue weighted by molar-refractivity contribution is -0.123. The number of carbonyl (C=O) groups is 2. The molecule has 25 heavy (non-hydrogen) atoms. The number of anilines is 2. The summed E-state index contributed by atoms with van der Waals surface area (Å²) in [7, 11) is 0. The predicted molar refractivity (Wildman–Crippen MR) is 99.7 cm³/mol. The molecule has 0 saturated heterocycles. The molecule has 1 heterocycles. The Bertz CT molecular complexity index is 759. The van der Waals surface area contributed by atoms with Gasteiger partial charge in [-0.05, 0) is 31.5 Å².